The normalized spacial score (nSPS) is 34.2. The maximum Gasteiger partial charge on any atom is 0.305 e. The van der Waals surface area contributed by atoms with E-state index < -0.39 is 61.0 Å². The van der Waals surface area contributed by atoms with E-state index in [9.17, 15) is 19.2 Å². The van der Waals surface area contributed by atoms with Crippen LogP contribution in [-0.4, -0.2) is 67.3 Å². The highest BCUT2D eigenvalue weighted by Crippen LogP contribution is 2.67. The van der Waals surface area contributed by atoms with Crippen LogP contribution in [0.4, 0.5) is 0 Å². The summed E-state index contributed by atoms with van der Waals surface area (Å²) in [7, 11) is 0. The van der Waals surface area contributed by atoms with Gasteiger partial charge in [0.25, 0.3) is 0 Å². The Balaban J connectivity index is 1.20. The largest absolute Gasteiger partial charge is 0.463 e. The molecule has 0 spiro atoms. The van der Waals surface area contributed by atoms with Gasteiger partial charge in [-0.3, -0.25) is 19.2 Å². The molecule has 0 aromatic rings. The smallest absolute Gasteiger partial charge is 0.305 e. The molecule has 1 heterocycles. The summed E-state index contributed by atoms with van der Waals surface area (Å²) in [5.74, 6) is 1.89. The highest BCUT2D eigenvalue weighted by atomic mass is 16.7. The van der Waals surface area contributed by atoms with Crippen LogP contribution in [0, 0.1) is 46.3 Å². The molecule has 372 valence electrons. The van der Waals surface area contributed by atoms with Gasteiger partial charge >= 0.3 is 23.9 Å². The van der Waals surface area contributed by atoms with Crippen LogP contribution >= 0.6 is 0 Å². The van der Waals surface area contributed by atoms with Gasteiger partial charge in [-0.25, -0.2) is 0 Å². The number of fused-ring (bicyclic) bond motifs is 5. The third-order valence-electron chi connectivity index (χ3n) is 16.8. The first-order chi connectivity index (χ1) is 31.5. The lowest BCUT2D eigenvalue weighted by Gasteiger charge is -2.58. The van der Waals surface area contributed by atoms with E-state index in [4.69, 9.17) is 29.8 Å². The Morgan fingerprint density at radius 2 is 1.35 bits per heavy atom. The van der Waals surface area contributed by atoms with Gasteiger partial charge in [0.1, 0.15) is 12.7 Å². The summed E-state index contributed by atoms with van der Waals surface area (Å²) in [6.07, 6.45) is 22.3. The number of unbranched alkanes of at least 4 members (excludes halogenated alkanes) is 10. The van der Waals surface area contributed by atoms with Crippen molar-refractivity contribution in [2.24, 2.45) is 46.3 Å². The number of rotatable bonds is 26. The van der Waals surface area contributed by atoms with Crippen molar-refractivity contribution in [1.29, 1.82) is 0 Å². The van der Waals surface area contributed by atoms with Crippen LogP contribution in [0.15, 0.2) is 11.6 Å². The monoisotopic (exact) mass is 914 g/mol. The Kier molecular flexibility index (Phi) is 20.6. The van der Waals surface area contributed by atoms with Gasteiger partial charge in [0.2, 0.25) is 0 Å². The highest BCUT2D eigenvalue weighted by Gasteiger charge is 2.60. The van der Waals surface area contributed by atoms with Crippen LogP contribution in [0.1, 0.15) is 224 Å². The van der Waals surface area contributed by atoms with E-state index in [1.54, 1.807) is 0 Å². The summed E-state index contributed by atoms with van der Waals surface area (Å²) in [5, 5.41) is 0. The predicted octanol–water partition coefficient (Wildman–Crippen LogP) is 13.0. The zero-order valence-corrected chi connectivity index (χ0v) is 42.3. The molecule has 3 saturated carbocycles. The van der Waals surface area contributed by atoms with Crippen molar-refractivity contribution in [2.75, 3.05) is 6.61 Å². The third kappa shape index (κ3) is 14.8. The molecule has 4 aliphatic carbocycles. The van der Waals surface area contributed by atoms with Crippen molar-refractivity contribution in [3.63, 3.8) is 0 Å². The van der Waals surface area contributed by atoms with Crippen molar-refractivity contribution < 1.29 is 49.0 Å². The minimum absolute atomic E-state index is 0.0775. The van der Waals surface area contributed by atoms with E-state index >= 15 is 0 Å². The molecular weight excluding hydrogens is 821 g/mol. The van der Waals surface area contributed by atoms with E-state index in [-0.39, 0.29) is 24.5 Å². The highest BCUT2D eigenvalue weighted by molar-refractivity contribution is 5.69. The second-order valence-electron chi connectivity index (χ2n) is 22.1. The molecule has 2 unspecified atom stereocenters. The Morgan fingerprint density at radius 1 is 0.738 bits per heavy atom. The van der Waals surface area contributed by atoms with Crippen molar-refractivity contribution in [2.45, 2.75) is 260 Å². The first-order valence-corrected chi connectivity index (χ1v) is 26.6. The molecule has 1 aliphatic heterocycles. The average molecular weight is 914 g/mol. The molecule has 0 amide bonds. The minimum atomic E-state index is -1.28. The van der Waals surface area contributed by atoms with Crippen LogP contribution in [0.3, 0.4) is 0 Å². The Morgan fingerprint density at radius 3 is 1.98 bits per heavy atom. The second kappa shape index (κ2) is 25.8. The standard InChI is InChI=1S/C55H92O10/c1-10-11-12-13-14-15-16-17-18-19-20-21-22-26-49(59)60-36-48-50(61-39(5)56)51(62-40(6)57)52(63-41(7)58)53(65-48)64-43-31-33-54(8)42(35-43)27-28-44-46-30-29-45(38(4)25-23-24-37(2)3)55(46,9)34-32-47(44)54/h27,37-38,43-48,50-53H,10-26,28-36H2,1-9H3/t38-,43+,44+,45-,46+,47+,48-,50+,51+,52-,53?,54+,55-/m1/s1/i22D/t22?,38-,43+,44+,45-,46+,47+,48-,50+,51+,52-,53?,54+,55-. The van der Waals surface area contributed by atoms with Crippen molar-refractivity contribution >= 4 is 23.9 Å². The summed E-state index contributed by atoms with van der Waals surface area (Å²) in [5.41, 5.74) is 1.92. The van der Waals surface area contributed by atoms with Crippen LogP contribution in [-0.2, 0) is 47.6 Å². The van der Waals surface area contributed by atoms with Crippen LogP contribution in [0.25, 0.3) is 0 Å². The van der Waals surface area contributed by atoms with Gasteiger partial charge in [-0.15, -0.1) is 0 Å². The first kappa shape index (κ1) is 51.9. The fraction of sp³-hybridized carbons (Fsp3) is 0.891. The Labute approximate surface area is 395 Å². The molecule has 65 heavy (non-hydrogen) atoms. The number of hydrogen-bond donors (Lipinski definition) is 0. The molecule has 0 bridgehead atoms. The molecular formula is C55H92O10. The molecule has 5 aliphatic rings. The number of ether oxygens (including phenoxy) is 6. The average Bonchev–Trinajstić information content (AvgIpc) is 3.61. The molecule has 1 saturated heterocycles. The molecule has 0 aromatic carbocycles. The minimum Gasteiger partial charge on any atom is -0.463 e. The van der Waals surface area contributed by atoms with E-state index in [0.29, 0.717) is 30.1 Å². The molecule has 5 rings (SSSR count). The summed E-state index contributed by atoms with van der Waals surface area (Å²) in [4.78, 5) is 50.9. The lowest BCUT2D eigenvalue weighted by Crippen LogP contribution is -2.63. The maximum atomic E-state index is 13.1. The van der Waals surface area contributed by atoms with E-state index in [1.807, 2.05) is 0 Å². The molecule has 10 nitrogen and oxygen atoms in total. The number of hydrogen-bond acceptors (Lipinski definition) is 10. The van der Waals surface area contributed by atoms with Gasteiger partial charge in [0.15, 0.2) is 24.6 Å². The topological polar surface area (TPSA) is 124 Å². The van der Waals surface area contributed by atoms with Gasteiger partial charge < -0.3 is 28.4 Å². The fourth-order valence-electron chi connectivity index (χ4n) is 13.5. The van der Waals surface area contributed by atoms with E-state index in [2.05, 4.69) is 47.6 Å². The van der Waals surface area contributed by atoms with Crippen LogP contribution in [0.2, 0.25) is 0 Å². The SMILES string of the molecule is [2H]C(CCCCCCCCCCCCC)CC(=O)OC[C@H]1OC(O[C@H]2CC[C@@]3(C)C(=CC[C@H]4[C@@H]5CC[C@H]([C@H](C)CCCC(C)C)[C@@]5(C)CC[C@@H]43)C2)[C@H](OC(C)=O)[C@@H](OC(C)=O)[C@H]1OC(C)=O. The van der Waals surface area contributed by atoms with Gasteiger partial charge in [-0.2, -0.15) is 0 Å². The molecule has 0 N–H and O–H groups in total. The van der Waals surface area contributed by atoms with Crippen molar-refractivity contribution in [3.05, 3.63) is 11.6 Å². The van der Waals surface area contributed by atoms with Gasteiger partial charge in [0.05, 0.1) is 6.10 Å². The third-order valence-corrected chi connectivity index (χ3v) is 16.8. The van der Waals surface area contributed by atoms with Gasteiger partial charge in [-0.1, -0.05) is 150 Å². The van der Waals surface area contributed by atoms with Crippen molar-refractivity contribution in [3.8, 4) is 0 Å². The summed E-state index contributed by atoms with van der Waals surface area (Å²) >= 11 is 0. The number of carbonyl (C=O) groups is 4. The van der Waals surface area contributed by atoms with Crippen LogP contribution < -0.4 is 0 Å². The molecule has 4 fully saturated rings. The Hall–Kier alpha value is -2.46. The molecule has 0 radical (unpaired) electrons. The number of carbonyl (C=O) groups excluding carboxylic acids is 4. The Bertz CT molecular complexity index is 1580. The van der Waals surface area contributed by atoms with Crippen LogP contribution in [0.5, 0.6) is 0 Å². The second-order valence-corrected chi connectivity index (χ2v) is 22.1. The number of esters is 4. The first-order valence-electron chi connectivity index (χ1n) is 27.1. The van der Waals surface area contributed by atoms with Gasteiger partial charge in [0, 0.05) is 28.6 Å². The predicted molar refractivity (Wildman–Crippen MR) is 255 cm³/mol. The zero-order valence-electron chi connectivity index (χ0n) is 43.3. The van der Waals surface area contributed by atoms with Gasteiger partial charge in [-0.05, 0) is 104 Å². The lowest BCUT2D eigenvalue weighted by atomic mass is 9.47. The zero-order chi connectivity index (χ0) is 48.0. The maximum absolute atomic E-state index is 13.1. The van der Waals surface area contributed by atoms with Crippen molar-refractivity contribution in [1.82, 2.24) is 0 Å². The summed E-state index contributed by atoms with van der Waals surface area (Å²) in [6, 6.07) is 0. The number of allylic oxidation sites excluding steroid dienone is 1. The summed E-state index contributed by atoms with van der Waals surface area (Å²) < 4.78 is 44.8. The lowest BCUT2D eigenvalue weighted by molar-refractivity contribution is -0.318. The summed E-state index contributed by atoms with van der Waals surface area (Å²) in [6.45, 7) is 18.0. The molecule has 10 heteroatoms. The quantitative estimate of drug-likeness (QED) is 0.0358. The van der Waals surface area contributed by atoms with E-state index in [1.165, 1.54) is 123 Å². The van der Waals surface area contributed by atoms with E-state index in [0.717, 1.165) is 62.2 Å². The molecule has 0 aromatic heterocycles. The molecule has 14 atom stereocenters. The fourth-order valence-corrected chi connectivity index (χ4v) is 13.5.